The van der Waals surface area contributed by atoms with Gasteiger partial charge in [0.1, 0.15) is 17.0 Å². The van der Waals surface area contributed by atoms with Gasteiger partial charge in [0.25, 0.3) is 5.56 Å². The summed E-state index contributed by atoms with van der Waals surface area (Å²) in [6, 6.07) is 12.5. The molecule has 3 aromatic heterocycles. The number of methoxy groups -OCH3 is 1. The zero-order chi connectivity index (χ0) is 22.1. The maximum atomic E-state index is 12.5. The number of furan rings is 1. The molecular formula is C22H21N5O4S. The first-order valence-corrected chi connectivity index (χ1v) is 11.0. The second kappa shape index (κ2) is 8.46. The Kier molecular flexibility index (Phi) is 5.36. The standard InChI is InChI=1S/C22H21N5O4S/c1-30-17-4-2-6-18-20(17)24-22(32-18)26-12-14(13-26)21(29)23-9-10-27-19(28)8-7-15(25-27)16-5-3-11-31-16/h2-8,11,14H,9-10,12-13H2,1H3,(H,23,29). The van der Waals surface area contributed by atoms with Crippen LogP contribution in [0.25, 0.3) is 21.7 Å². The van der Waals surface area contributed by atoms with Crippen molar-refractivity contribution in [3.8, 4) is 17.2 Å². The SMILES string of the molecule is COc1cccc2sc(N3CC(C(=O)NCCn4nc(-c5ccco5)ccc4=O)C3)nc12. The number of rotatable bonds is 7. The number of nitrogens with zero attached hydrogens (tertiary/aromatic N) is 4. The Hall–Kier alpha value is -3.66. The summed E-state index contributed by atoms with van der Waals surface area (Å²) in [5.74, 6) is 1.20. The van der Waals surface area contributed by atoms with Crippen LogP contribution >= 0.6 is 11.3 Å². The molecule has 1 aromatic carbocycles. The highest BCUT2D eigenvalue weighted by molar-refractivity contribution is 7.22. The Morgan fingerprint density at radius 2 is 2.12 bits per heavy atom. The molecule has 32 heavy (non-hydrogen) atoms. The number of hydrogen-bond donors (Lipinski definition) is 1. The number of carbonyl (C=O) groups is 1. The molecule has 1 aliphatic heterocycles. The van der Waals surface area contributed by atoms with Gasteiger partial charge in [0.05, 0.1) is 30.5 Å². The van der Waals surface area contributed by atoms with Gasteiger partial charge in [-0.3, -0.25) is 9.59 Å². The highest BCUT2D eigenvalue weighted by Crippen LogP contribution is 2.36. The van der Waals surface area contributed by atoms with Crippen molar-refractivity contribution in [2.75, 3.05) is 31.6 Å². The summed E-state index contributed by atoms with van der Waals surface area (Å²) < 4.78 is 13.1. The van der Waals surface area contributed by atoms with Crippen LogP contribution in [0.15, 0.2) is 57.9 Å². The van der Waals surface area contributed by atoms with Crippen LogP contribution in [-0.4, -0.2) is 47.4 Å². The Balaban J connectivity index is 1.15. The summed E-state index contributed by atoms with van der Waals surface area (Å²) in [7, 11) is 1.63. The van der Waals surface area contributed by atoms with E-state index in [0.717, 1.165) is 21.1 Å². The molecule has 0 unspecified atom stereocenters. The molecule has 0 aliphatic carbocycles. The van der Waals surface area contributed by atoms with Gasteiger partial charge in [-0.2, -0.15) is 5.10 Å². The molecule has 4 heterocycles. The van der Waals surface area contributed by atoms with Crippen LogP contribution in [0.2, 0.25) is 0 Å². The quantitative estimate of drug-likeness (QED) is 0.460. The van der Waals surface area contributed by atoms with E-state index in [9.17, 15) is 9.59 Å². The number of ether oxygens (including phenoxy) is 1. The summed E-state index contributed by atoms with van der Waals surface area (Å²) in [6.45, 7) is 1.83. The predicted octanol–water partition coefficient (Wildman–Crippen LogP) is 2.37. The van der Waals surface area contributed by atoms with E-state index >= 15 is 0 Å². The third kappa shape index (κ3) is 3.84. The van der Waals surface area contributed by atoms with Gasteiger partial charge in [-0.15, -0.1) is 0 Å². The highest BCUT2D eigenvalue weighted by Gasteiger charge is 2.34. The third-order valence-corrected chi connectivity index (χ3v) is 6.46. The van der Waals surface area contributed by atoms with Gasteiger partial charge < -0.3 is 19.4 Å². The Labute approximate surface area is 187 Å². The first-order chi connectivity index (χ1) is 15.6. The summed E-state index contributed by atoms with van der Waals surface area (Å²) in [4.78, 5) is 31.3. The van der Waals surface area contributed by atoms with Crippen LogP contribution in [0, 0.1) is 5.92 Å². The van der Waals surface area contributed by atoms with E-state index in [-0.39, 0.29) is 23.9 Å². The average molecular weight is 452 g/mol. The molecular weight excluding hydrogens is 430 g/mol. The monoisotopic (exact) mass is 451 g/mol. The number of para-hydroxylation sites is 1. The lowest BCUT2D eigenvalue weighted by Crippen LogP contribution is -2.54. The average Bonchev–Trinajstić information content (AvgIpc) is 3.43. The smallest absolute Gasteiger partial charge is 0.266 e. The van der Waals surface area contributed by atoms with Gasteiger partial charge in [-0.1, -0.05) is 17.4 Å². The number of aromatic nitrogens is 3. The van der Waals surface area contributed by atoms with Gasteiger partial charge in [0.15, 0.2) is 10.9 Å². The molecule has 1 fully saturated rings. The predicted molar refractivity (Wildman–Crippen MR) is 121 cm³/mol. The van der Waals surface area contributed by atoms with Gasteiger partial charge in [0.2, 0.25) is 5.91 Å². The molecule has 1 N–H and O–H groups in total. The van der Waals surface area contributed by atoms with E-state index in [2.05, 4.69) is 20.3 Å². The van der Waals surface area contributed by atoms with Crippen molar-refractivity contribution in [3.63, 3.8) is 0 Å². The van der Waals surface area contributed by atoms with Gasteiger partial charge in [0, 0.05) is 25.7 Å². The molecule has 4 aromatic rings. The minimum atomic E-state index is -0.226. The first kappa shape index (κ1) is 20.3. The van der Waals surface area contributed by atoms with Crippen molar-refractivity contribution in [3.05, 3.63) is 59.1 Å². The summed E-state index contributed by atoms with van der Waals surface area (Å²) >= 11 is 1.59. The topological polar surface area (TPSA) is 102 Å². The van der Waals surface area contributed by atoms with E-state index < -0.39 is 0 Å². The molecule has 5 rings (SSSR count). The normalized spacial score (nSPS) is 13.8. The van der Waals surface area contributed by atoms with E-state index in [1.54, 1.807) is 42.9 Å². The molecule has 9 nitrogen and oxygen atoms in total. The van der Waals surface area contributed by atoms with Gasteiger partial charge >= 0.3 is 0 Å². The molecule has 0 radical (unpaired) electrons. The Morgan fingerprint density at radius 3 is 2.91 bits per heavy atom. The van der Waals surface area contributed by atoms with Crippen LogP contribution in [0.5, 0.6) is 5.75 Å². The fourth-order valence-corrected chi connectivity index (χ4v) is 4.61. The lowest BCUT2D eigenvalue weighted by Gasteiger charge is -2.37. The van der Waals surface area contributed by atoms with Crippen LogP contribution in [0.4, 0.5) is 5.13 Å². The minimum absolute atomic E-state index is 0.0322. The van der Waals surface area contributed by atoms with Crippen LogP contribution in [-0.2, 0) is 11.3 Å². The second-order valence-corrected chi connectivity index (χ2v) is 8.46. The lowest BCUT2D eigenvalue weighted by atomic mass is 10.0. The zero-order valence-electron chi connectivity index (χ0n) is 17.4. The van der Waals surface area contributed by atoms with Crippen molar-refractivity contribution in [2.24, 2.45) is 5.92 Å². The van der Waals surface area contributed by atoms with Gasteiger partial charge in [-0.25, -0.2) is 9.67 Å². The molecule has 1 aliphatic rings. The van der Waals surface area contributed by atoms with Crippen molar-refractivity contribution < 1.29 is 13.9 Å². The Morgan fingerprint density at radius 1 is 1.25 bits per heavy atom. The van der Waals surface area contributed by atoms with Crippen molar-refractivity contribution in [1.82, 2.24) is 20.1 Å². The van der Waals surface area contributed by atoms with E-state index in [1.165, 1.54) is 10.7 Å². The number of anilines is 1. The summed E-state index contributed by atoms with van der Waals surface area (Å²) in [5.41, 5.74) is 1.19. The summed E-state index contributed by atoms with van der Waals surface area (Å²) in [5, 5.41) is 8.10. The maximum Gasteiger partial charge on any atom is 0.266 e. The molecule has 0 spiro atoms. The van der Waals surface area contributed by atoms with Crippen LogP contribution in [0.3, 0.4) is 0 Å². The van der Waals surface area contributed by atoms with E-state index in [0.29, 0.717) is 31.1 Å². The molecule has 1 saturated heterocycles. The molecule has 0 bridgehead atoms. The van der Waals surface area contributed by atoms with Crippen molar-refractivity contribution in [2.45, 2.75) is 6.54 Å². The molecule has 164 valence electrons. The zero-order valence-corrected chi connectivity index (χ0v) is 18.2. The highest BCUT2D eigenvalue weighted by atomic mass is 32.1. The Bertz CT molecular complexity index is 1310. The fourth-order valence-electron chi connectivity index (χ4n) is 3.61. The van der Waals surface area contributed by atoms with Gasteiger partial charge in [-0.05, 0) is 30.3 Å². The minimum Gasteiger partial charge on any atom is -0.494 e. The number of nitrogens with one attached hydrogen (secondary N) is 1. The summed E-state index contributed by atoms with van der Waals surface area (Å²) in [6.07, 6.45) is 1.55. The second-order valence-electron chi connectivity index (χ2n) is 7.45. The number of carbonyl (C=O) groups excluding carboxylic acids is 1. The fraction of sp³-hybridized carbons (Fsp3) is 0.273. The van der Waals surface area contributed by atoms with E-state index in [1.807, 2.05) is 18.2 Å². The van der Waals surface area contributed by atoms with Crippen molar-refractivity contribution >= 4 is 32.6 Å². The third-order valence-electron chi connectivity index (χ3n) is 5.38. The lowest BCUT2D eigenvalue weighted by molar-refractivity contribution is -0.125. The van der Waals surface area contributed by atoms with Crippen LogP contribution < -0.4 is 20.5 Å². The first-order valence-electron chi connectivity index (χ1n) is 10.2. The molecule has 0 saturated carbocycles. The molecule has 0 atom stereocenters. The largest absolute Gasteiger partial charge is 0.494 e. The maximum absolute atomic E-state index is 12.5. The number of thiazole rings is 1. The number of fused-ring (bicyclic) bond motifs is 1. The van der Waals surface area contributed by atoms with E-state index in [4.69, 9.17) is 9.15 Å². The number of benzene rings is 1. The molecule has 10 heteroatoms. The number of amides is 1. The van der Waals surface area contributed by atoms with Crippen LogP contribution in [0.1, 0.15) is 0 Å². The number of hydrogen-bond acceptors (Lipinski definition) is 8. The van der Waals surface area contributed by atoms with Crippen molar-refractivity contribution in [1.29, 1.82) is 0 Å². The molecule has 1 amide bonds.